The number of halogens is 1. The van der Waals surface area contributed by atoms with Crippen LogP contribution in [0, 0.1) is 0 Å². The van der Waals surface area contributed by atoms with Gasteiger partial charge in [0, 0.05) is 30.6 Å². The summed E-state index contributed by atoms with van der Waals surface area (Å²) < 4.78 is 0. The third kappa shape index (κ3) is 3.04. The first-order valence-corrected chi connectivity index (χ1v) is 7.66. The quantitative estimate of drug-likeness (QED) is 0.636. The fraction of sp³-hybridized carbons (Fsp3) is 0.400. The summed E-state index contributed by atoms with van der Waals surface area (Å²) in [7, 11) is 1.96. The highest BCUT2D eigenvalue weighted by Gasteiger charge is 2.33. The van der Waals surface area contributed by atoms with Crippen molar-refractivity contribution in [1.82, 2.24) is 15.5 Å². The number of hydrogen-bond acceptors (Lipinski definition) is 6. The lowest BCUT2D eigenvalue weighted by Gasteiger charge is -2.44. The predicted molar refractivity (Wildman–Crippen MR) is 89.3 cm³/mol. The average molecular weight is 321 g/mol. The summed E-state index contributed by atoms with van der Waals surface area (Å²) in [5.41, 5.74) is 12.4. The Bertz CT molecular complexity index is 622. The second-order valence-electron chi connectivity index (χ2n) is 5.80. The largest absolute Gasteiger partial charge is 0.370 e. The molecule has 118 valence electrons. The van der Waals surface area contributed by atoms with Crippen LogP contribution < -0.4 is 22.1 Å². The molecule has 2 aliphatic heterocycles. The van der Waals surface area contributed by atoms with Crippen LogP contribution in [0.4, 0.5) is 0 Å². The van der Waals surface area contributed by atoms with Crippen LogP contribution in [0.25, 0.3) is 0 Å². The first-order valence-electron chi connectivity index (χ1n) is 7.29. The average Bonchev–Trinajstić information content (AvgIpc) is 2.39. The van der Waals surface area contributed by atoms with E-state index >= 15 is 0 Å². The molecule has 1 unspecified atom stereocenters. The highest BCUT2D eigenvalue weighted by atomic mass is 35.5. The summed E-state index contributed by atoms with van der Waals surface area (Å²) in [4.78, 5) is 6.56. The van der Waals surface area contributed by atoms with E-state index in [-0.39, 0.29) is 0 Å². The van der Waals surface area contributed by atoms with Crippen molar-refractivity contribution in [2.24, 2.45) is 16.5 Å². The third-order valence-electron chi connectivity index (χ3n) is 4.03. The summed E-state index contributed by atoms with van der Waals surface area (Å²) >= 11 is 6.23. The number of nitrogens with zero attached hydrogens (tertiary/aromatic N) is 2. The summed E-state index contributed by atoms with van der Waals surface area (Å²) in [6.07, 6.45) is 2.43. The molecule has 1 aromatic rings. The Morgan fingerprint density at radius 1 is 1.45 bits per heavy atom. The molecule has 1 saturated heterocycles. The predicted octanol–water partition coefficient (Wildman–Crippen LogP) is 0.200. The second kappa shape index (κ2) is 5.79. The molecule has 7 heteroatoms. The summed E-state index contributed by atoms with van der Waals surface area (Å²) in [6, 6.07) is 8.15. The lowest BCUT2D eigenvalue weighted by atomic mass is 9.98. The van der Waals surface area contributed by atoms with Gasteiger partial charge in [-0.05, 0) is 24.8 Å². The van der Waals surface area contributed by atoms with E-state index < -0.39 is 5.66 Å². The van der Waals surface area contributed by atoms with Gasteiger partial charge in [0.1, 0.15) is 11.5 Å². The zero-order valence-electron chi connectivity index (χ0n) is 12.5. The first-order chi connectivity index (χ1) is 10.5. The molecule has 2 heterocycles. The molecule has 0 spiro atoms. The van der Waals surface area contributed by atoms with Crippen molar-refractivity contribution in [3.8, 4) is 0 Å². The van der Waals surface area contributed by atoms with Gasteiger partial charge in [0.05, 0.1) is 0 Å². The van der Waals surface area contributed by atoms with Gasteiger partial charge in [0.25, 0.3) is 0 Å². The first kappa shape index (κ1) is 15.1. The van der Waals surface area contributed by atoms with Gasteiger partial charge in [-0.3, -0.25) is 0 Å². The molecule has 0 aromatic heterocycles. The van der Waals surface area contributed by atoms with Gasteiger partial charge in [-0.25, -0.2) is 4.99 Å². The molecule has 22 heavy (non-hydrogen) atoms. The Balaban J connectivity index is 1.80. The van der Waals surface area contributed by atoms with Crippen LogP contribution in [0.5, 0.6) is 0 Å². The van der Waals surface area contributed by atoms with Gasteiger partial charge in [-0.15, -0.1) is 0 Å². The molecular weight excluding hydrogens is 300 g/mol. The van der Waals surface area contributed by atoms with E-state index in [9.17, 15) is 0 Å². The number of benzene rings is 1. The summed E-state index contributed by atoms with van der Waals surface area (Å²) in [5, 5.41) is 7.02. The van der Waals surface area contributed by atoms with Crippen LogP contribution in [-0.2, 0) is 6.42 Å². The standard InChI is InChI=1S/C15H21ClN6/c1-19-11-8-22(9-11)13-7-15(18,21-14(17)20-13)6-10-4-2-3-5-12(10)16/h2-5,7,11,19H,6,8-9,18H2,1H3,(H3,17,20,21). The lowest BCUT2D eigenvalue weighted by Crippen LogP contribution is -2.60. The second-order valence-corrected chi connectivity index (χ2v) is 6.21. The molecule has 0 aliphatic carbocycles. The van der Waals surface area contributed by atoms with Crippen molar-refractivity contribution in [1.29, 1.82) is 0 Å². The monoisotopic (exact) mass is 320 g/mol. The van der Waals surface area contributed by atoms with E-state index in [0.717, 1.165) is 24.5 Å². The van der Waals surface area contributed by atoms with Crippen molar-refractivity contribution in [2.75, 3.05) is 20.1 Å². The molecule has 6 nitrogen and oxygen atoms in total. The SMILES string of the molecule is CNC1CN(C2=CC(N)(Cc3ccccc3Cl)N=C(N)N2)C1. The minimum Gasteiger partial charge on any atom is -0.370 e. The zero-order valence-corrected chi connectivity index (χ0v) is 13.3. The van der Waals surface area contributed by atoms with Crippen molar-refractivity contribution in [2.45, 2.75) is 18.1 Å². The zero-order chi connectivity index (χ0) is 15.7. The van der Waals surface area contributed by atoms with Crippen molar-refractivity contribution < 1.29 is 0 Å². The van der Waals surface area contributed by atoms with E-state index in [1.807, 2.05) is 37.4 Å². The van der Waals surface area contributed by atoms with Crippen molar-refractivity contribution >= 4 is 17.6 Å². The number of aliphatic imine (C=N–C) groups is 1. The highest BCUT2D eigenvalue weighted by Crippen LogP contribution is 2.25. The van der Waals surface area contributed by atoms with Gasteiger partial charge in [-0.2, -0.15) is 0 Å². The van der Waals surface area contributed by atoms with Gasteiger partial charge < -0.3 is 27.0 Å². The topological polar surface area (TPSA) is 91.7 Å². The number of likely N-dealkylation sites (N-methyl/N-ethyl adjacent to an activating group) is 1. The normalized spacial score (nSPS) is 25.1. The van der Waals surface area contributed by atoms with E-state index in [1.54, 1.807) is 0 Å². The third-order valence-corrected chi connectivity index (χ3v) is 4.40. The lowest BCUT2D eigenvalue weighted by molar-refractivity contribution is 0.167. The van der Waals surface area contributed by atoms with E-state index in [2.05, 4.69) is 20.5 Å². The van der Waals surface area contributed by atoms with E-state index in [4.69, 9.17) is 23.1 Å². The molecule has 0 radical (unpaired) electrons. The van der Waals surface area contributed by atoms with Crippen LogP contribution >= 0.6 is 11.6 Å². The molecule has 2 aliphatic rings. The fourth-order valence-electron chi connectivity index (χ4n) is 2.75. The molecule has 1 fully saturated rings. The number of rotatable bonds is 4. The Labute approximate surface area is 135 Å². The number of guanidine groups is 1. The molecule has 0 bridgehead atoms. The number of nitrogens with one attached hydrogen (secondary N) is 2. The Morgan fingerprint density at radius 3 is 2.86 bits per heavy atom. The molecule has 0 amide bonds. The number of hydrogen-bond donors (Lipinski definition) is 4. The van der Waals surface area contributed by atoms with Gasteiger partial charge in [0.15, 0.2) is 5.96 Å². The molecular formula is C15H21ClN6. The smallest absolute Gasteiger partial charge is 0.196 e. The van der Waals surface area contributed by atoms with Gasteiger partial charge >= 0.3 is 0 Å². The van der Waals surface area contributed by atoms with Crippen LogP contribution in [0.3, 0.4) is 0 Å². The van der Waals surface area contributed by atoms with Crippen LogP contribution in [-0.4, -0.2) is 42.7 Å². The maximum absolute atomic E-state index is 6.44. The maximum atomic E-state index is 6.44. The van der Waals surface area contributed by atoms with Crippen molar-refractivity contribution in [3.05, 3.63) is 46.7 Å². The number of nitrogens with two attached hydrogens (primary N) is 2. The molecule has 3 rings (SSSR count). The summed E-state index contributed by atoms with van der Waals surface area (Å²) in [5.74, 6) is 1.24. The maximum Gasteiger partial charge on any atom is 0.196 e. The van der Waals surface area contributed by atoms with Crippen LogP contribution in [0.15, 0.2) is 41.2 Å². The molecule has 0 saturated carbocycles. The minimum atomic E-state index is -0.889. The van der Waals surface area contributed by atoms with Crippen LogP contribution in [0.1, 0.15) is 5.56 Å². The Hall–Kier alpha value is -1.76. The van der Waals surface area contributed by atoms with Crippen molar-refractivity contribution in [3.63, 3.8) is 0 Å². The Morgan fingerprint density at radius 2 is 2.18 bits per heavy atom. The number of likely N-dealkylation sites (tertiary alicyclic amines) is 1. The Kier molecular flexibility index (Phi) is 3.99. The fourth-order valence-corrected chi connectivity index (χ4v) is 2.96. The van der Waals surface area contributed by atoms with Gasteiger partial charge in [0.2, 0.25) is 0 Å². The van der Waals surface area contributed by atoms with E-state index in [1.165, 1.54) is 0 Å². The molecule has 1 atom stereocenters. The molecule has 1 aromatic carbocycles. The highest BCUT2D eigenvalue weighted by molar-refractivity contribution is 6.31. The van der Waals surface area contributed by atoms with Crippen LogP contribution in [0.2, 0.25) is 5.02 Å². The molecule has 6 N–H and O–H groups in total. The summed E-state index contributed by atoms with van der Waals surface area (Å²) in [6.45, 7) is 1.84. The van der Waals surface area contributed by atoms with Gasteiger partial charge in [-0.1, -0.05) is 29.8 Å². The minimum absolute atomic E-state index is 0.333. The van der Waals surface area contributed by atoms with E-state index in [0.29, 0.717) is 23.4 Å².